The van der Waals surface area contributed by atoms with E-state index in [4.69, 9.17) is 24.3 Å². The number of nitrogens with one attached hydrogen (secondary N) is 4. The Labute approximate surface area is 591 Å². The van der Waals surface area contributed by atoms with Gasteiger partial charge in [-0.1, -0.05) is 81.9 Å². The number of carbonyl (C=O) groups is 7. The number of hydrogen-bond acceptors (Lipinski definition) is 17. The van der Waals surface area contributed by atoms with Crippen molar-refractivity contribution < 1.29 is 72.3 Å². The van der Waals surface area contributed by atoms with Gasteiger partial charge in [0.2, 0.25) is 23.6 Å². The molecule has 6 aromatic rings. The molecule has 4 saturated carbocycles. The summed E-state index contributed by atoms with van der Waals surface area (Å²) in [6.45, 7) is 14.3. The molecule has 26 nitrogen and oxygen atoms in total. The van der Waals surface area contributed by atoms with Crippen LogP contribution in [0, 0.1) is 29.1 Å². The Bertz CT molecular complexity index is 4100. The highest BCUT2D eigenvalue weighted by Gasteiger charge is 2.66. The van der Waals surface area contributed by atoms with Gasteiger partial charge in [-0.2, -0.15) is 5.10 Å². The smallest absolute Gasteiger partial charge is 0.410 e. The summed E-state index contributed by atoms with van der Waals surface area (Å²) in [5.41, 5.74) is 5.54. The SMILES string of the molecule is Cc1c(-c2ccc(N3CCc4cccc(C(=O)Nc5nc6ccccc6s5)c4C3)nc2C(=O)O)cnn1CC12CC3(C)CC(C)(C1)CC(OCCOCCN(CCCP(=O)(O)O)C(=O)OCc1ccc(NC(=O)[C@H](C)NC(=O)[C@@H](NC(=O)CCCCCN4C(=O)C=CC4O)C(C)C)cc1)(C3)C2. The van der Waals surface area contributed by atoms with E-state index in [-0.39, 0.29) is 91.3 Å². The van der Waals surface area contributed by atoms with Gasteiger partial charge in [0.05, 0.1) is 48.0 Å². The van der Waals surface area contributed by atoms with Gasteiger partial charge in [-0.25, -0.2) is 19.6 Å². The lowest BCUT2D eigenvalue weighted by molar-refractivity contribution is -0.250. The van der Waals surface area contributed by atoms with Gasteiger partial charge in [-0.15, -0.1) is 0 Å². The average molecular weight is 1430 g/mol. The molecule has 4 fully saturated rings. The van der Waals surface area contributed by atoms with Crippen LogP contribution in [-0.2, 0) is 64.1 Å². The Morgan fingerprint density at radius 3 is 2.29 bits per heavy atom. The zero-order valence-corrected chi connectivity index (χ0v) is 59.8. The highest BCUT2D eigenvalue weighted by Crippen LogP contribution is 2.72. The standard InChI is InChI=1S/C73H92N11O15PS/c1-46(2)62(79-59(85)18-8-7-11-29-83-60(86)25-26-61(83)87)66(90)75-47(3)64(88)76-51-21-19-49(20-22-51)38-98-69(93)81(28-13-35-100(94,95)96)31-32-97-33-34-99-73-42-70(5)39-71(6,43-73)41-72(40-70,44-73)45-84-48(4)54(36-74-84)52-23-24-58(78-63(52)67(91)92)82-30-27-50-14-12-15-53(55(50)37-82)65(89)80-68-77-56-16-9-10-17-57(56)101-68/h9-10,12,14-17,19-26,36,46-47,60,62,86H,7-8,11,13,18,27-35,37-45H2,1-6H3,(H,75,90)(H,76,88)(H,79,85)(H,91,92)(H,77,80,89)(H2,94,95,96)/t47-,60?,62-,70?,71?,72?,73?/m0/s1. The number of aliphatic hydroxyl groups is 1. The van der Waals surface area contributed by atoms with E-state index in [0.29, 0.717) is 97.4 Å². The fraction of sp³-hybridized carbons (Fsp3) is 0.507. The van der Waals surface area contributed by atoms with Gasteiger partial charge < -0.3 is 64.9 Å². The number of aromatic nitrogens is 4. The molecule has 5 atom stereocenters. The summed E-state index contributed by atoms with van der Waals surface area (Å²) >= 11 is 1.41. The zero-order chi connectivity index (χ0) is 72.0. The second kappa shape index (κ2) is 31.0. The van der Waals surface area contributed by atoms with E-state index in [1.807, 2.05) is 65.0 Å². The summed E-state index contributed by atoms with van der Waals surface area (Å²) in [6, 6.07) is 21.8. The molecule has 540 valence electrons. The van der Waals surface area contributed by atoms with Gasteiger partial charge in [-0.3, -0.25) is 38.5 Å². The van der Waals surface area contributed by atoms with Gasteiger partial charge in [0.1, 0.15) is 30.7 Å². The van der Waals surface area contributed by atoms with Crippen LogP contribution in [0.2, 0.25) is 0 Å². The number of nitrogens with zero attached hydrogens (tertiary/aromatic N) is 7. The summed E-state index contributed by atoms with van der Waals surface area (Å²) < 4.78 is 33.5. The predicted molar refractivity (Wildman–Crippen MR) is 380 cm³/mol. The second-order valence-corrected chi connectivity index (χ2v) is 32.0. The van der Waals surface area contributed by atoms with Crippen LogP contribution in [0.3, 0.4) is 0 Å². The minimum atomic E-state index is -4.36. The van der Waals surface area contributed by atoms with Crippen LogP contribution in [0.15, 0.2) is 97.2 Å². The number of rotatable bonds is 32. The third kappa shape index (κ3) is 18.1. The van der Waals surface area contributed by atoms with Gasteiger partial charge >= 0.3 is 19.7 Å². The molecule has 3 aromatic carbocycles. The number of hydrogen-bond donors (Lipinski definition) is 8. The molecule has 101 heavy (non-hydrogen) atoms. The first-order chi connectivity index (χ1) is 48.1. The number of benzene rings is 3. The number of aliphatic hydroxyl groups excluding tert-OH is 1. The van der Waals surface area contributed by atoms with Gasteiger partial charge in [0.15, 0.2) is 10.8 Å². The van der Waals surface area contributed by atoms with Gasteiger partial charge in [-0.05, 0) is 165 Å². The fourth-order valence-electron chi connectivity index (χ4n) is 16.6. The van der Waals surface area contributed by atoms with Crippen LogP contribution in [0.5, 0.6) is 0 Å². The largest absolute Gasteiger partial charge is 0.476 e. The van der Waals surface area contributed by atoms with E-state index in [1.54, 1.807) is 50.4 Å². The number of anilines is 3. The van der Waals surface area contributed by atoms with Crippen LogP contribution in [-0.4, -0.2) is 167 Å². The first-order valence-corrected chi connectivity index (χ1v) is 37.3. The Morgan fingerprint density at radius 2 is 1.57 bits per heavy atom. The molecule has 3 aromatic heterocycles. The van der Waals surface area contributed by atoms with Crippen LogP contribution < -0.4 is 26.2 Å². The Balaban J connectivity index is 0.646. The van der Waals surface area contributed by atoms with Crippen LogP contribution in [0.25, 0.3) is 21.3 Å². The Kier molecular flexibility index (Phi) is 22.7. The van der Waals surface area contributed by atoms with E-state index >= 15 is 0 Å². The minimum Gasteiger partial charge on any atom is -0.476 e. The second-order valence-electron chi connectivity index (χ2n) is 29.2. The van der Waals surface area contributed by atoms with E-state index in [2.05, 4.69) is 40.1 Å². The van der Waals surface area contributed by atoms with Crippen molar-refractivity contribution in [1.29, 1.82) is 0 Å². The van der Waals surface area contributed by atoms with E-state index in [1.165, 1.54) is 40.2 Å². The normalized spacial score (nSPS) is 21.9. The summed E-state index contributed by atoms with van der Waals surface area (Å²) in [5, 5.41) is 37.3. The number of fused-ring (bicyclic) bond motifs is 2. The van der Waals surface area contributed by atoms with Crippen molar-refractivity contribution in [2.24, 2.45) is 22.2 Å². The molecular formula is C73H92N11O15PS. The highest BCUT2D eigenvalue weighted by atomic mass is 32.1. The molecule has 28 heteroatoms. The molecular weight excluding hydrogens is 1330 g/mol. The lowest BCUT2D eigenvalue weighted by Crippen LogP contribution is -2.64. The summed E-state index contributed by atoms with van der Waals surface area (Å²) in [7, 11) is -4.36. The lowest BCUT2D eigenvalue weighted by Gasteiger charge is -2.69. The molecule has 5 heterocycles. The molecule has 6 amide bonds. The van der Waals surface area contributed by atoms with Crippen molar-refractivity contribution in [3.05, 3.63) is 131 Å². The molecule has 0 spiro atoms. The Hall–Kier alpha value is -8.43. The number of para-hydroxylation sites is 1. The molecule has 3 unspecified atom stereocenters. The number of aromatic carboxylic acids is 1. The van der Waals surface area contributed by atoms with Crippen molar-refractivity contribution in [3.63, 3.8) is 0 Å². The van der Waals surface area contributed by atoms with Crippen LogP contribution in [0.4, 0.5) is 21.4 Å². The molecule has 4 bridgehead atoms. The maximum absolute atomic E-state index is 13.8. The lowest BCUT2D eigenvalue weighted by atomic mass is 9.39. The van der Waals surface area contributed by atoms with Crippen LogP contribution >= 0.6 is 18.9 Å². The monoisotopic (exact) mass is 1430 g/mol. The first kappa shape index (κ1) is 73.8. The maximum Gasteiger partial charge on any atom is 0.410 e. The van der Waals surface area contributed by atoms with Crippen molar-refractivity contribution in [2.75, 3.05) is 67.7 Å². The van der Waals surface area contributed by atoms with Crippen molar-refractivity contribution >= 4 is 87.4 Å². The minimum absolute atomic E-state index is 0.000544. The molecule has 2 aliphatic heterocycles. The van der Waals surface area contributed by atoms with Gasteiger partial charge in [0.25, 0.3) is 5.91 Å². The summed E-state index contributed by atoms with van der Waals surface area (Å²) in [5.74, 6) is -2.83. The summed E-state index contributed by atoms with van der Waals surface area (Å²) in [4.78, 5) is 125. The van der Waals surface area contributed by atoms with Crippen molar-refractivity contribution in [2.45, 2.75) is 162 Å². The maximum atomic E-state index is 13.8. The van der Waals surface area contributed by atoms with Crippen molar-refractivity contribution in [1.82, 2.24) is 40.2 Å². The predicted octanol–water partition coefficient (Wildman–Crippen LogP) is 9.60. The average Bonchev–Trinajstić information content (AvgIpc) is 0.824. The number of amides is 6. The topological polar surface area (TPSA) is 347 Å². The zero-order valence-electron chi connectivity index (χ0n) is 58.1. The number of thiazole rings is 1. The fourth-order valence-corrected chi connectivity index (χ4v) is 18.0. The first-order valence-electron chi connectivity index (χ1n) is 34.7. The highest BCUT2D eigenvalue weighted by molar-refractivity contribution is 7.51. The van der Waals surface area contributed by atoms with E-state index in [9.17, 15) is 58.1 Å². The molecule has 6 aliphatic rings. The van der Waals surface area contributed by atoms with Crippen molar-refractivity contribution in [3.8, 4) is 11.1 Å². The number of ether oxygens (including phenoxy) is 3. The summed E-state index contributed by atoms with van der Waals surface area (Å²) in [6.07, 6.45) is 10.6. The number of carboxylic acids is 1. The number of unbranched alkanes of at least 4 members (excludes halogenated alkanes) is 2. The number of carboxylic acid groups (broad SMARTS) is 1. The molecule has 0 saturated heterocycles. The van der Waals surface area contributed by atoms with Gasteiger partial charge in [0, 0.05) is 79.8 Å². The van der Waals surface area contributed by atoms with E-state index < -0.39 is 61.5 Å². The Morgan fingerprint density at radius 1 is 0.812 bits per heavy atom. The molecule has 12 rings (SSSR count). The van der Waals surface area contributed by atoms with Crippen LogP contribution in [0.1, 0.15) is 148 Å². The third-order valence-corrected chi connectivity index (χ3v) is 22.0. The number of carbonyl (C=O) groups excluding carboxylic acids is 6. The number of pyridine rings is 1. The molecule has 0 radical (unpaired) electrons. The quantitative estimate of drug-likeness (QED) is 0.0144. The third-order valence-electron chi connectivity index (χ3n) is 20.2. The molecule has 4 aliphatic carbocycles. The van der Waals surface area contributed by atoms with E-state index in [0.717, 1.165) is 65.6 Å². The molecule has 8 N–H and O–H groups in total.